The minimum absolute atomic E-state index is 0.429. The summed E-state index contributed by atoms with van der Waals surface area (Å²) in [5.74, 6) is 1.39. The lowest BCUT2D eigenvalue weighted by Crippen LogP contribution is -2.56. The predicted octanol–water partition coefficient (Wildman–Crippen LogP) is 2.18. The Kier molecular flexibility index (Phi) is 3.75. The van der Waals surface area contributed by atoms with Crippen LogP contribution in [0.15, 0.2) is 35.2 Å². The molecule has 3 fully saturated rings. The number of likely N-dealkylation sites (tertiary alicyclic amines) is 1. The van der Waals surface area contributed by atoms with Crippen molar-refractivity contribution in [2.24, 2.45) is 11.8 Å². The van der Waals surface area contributed by atoms with Crippen LogP contribution in [-0.2, 0) is 10.0 Å². The summed E-state index contributed by atoms with van der Waals surface area (Å²) in [6, 6.07) is 9.31. The summed E-state index contributed by atoms with van der Waals surface area (Å²) < 4.78 is 27.1. The van der Waals surface area contributed by atoms with Crippen molar-refractivity contribution in [3.05, 3.63) is 30.3 Å². The first kappa shape index (κ1) is 14.7. The Labute approximate surface area is 133 Å². The first-order valence-electron chi connectivity index (χ1n) is 8.44. The van der Waals surface area contributed by atoms with E-state index in [1.54, 1.807) is 28.6 Å². The molecule has 2 atom stereocenters. The normalized spacial score (nSPS) is 30.4. The molecule has 120 valence electrons. The lowest BCUT2D eigenvalue weighted by molar-refractivity contribution is 0.0365. The molecule has 0 N–H and O–H groups in total. The Morgan fingerprint density at radius 2 is 1.73 bits per heavy atom. The van der Waals surface area contributed by atoms with Crippen molar-refractivity contribution in [3.8, 4) is 0 Å². The lowest BCUT2D eigenvalue weighted by atomic mass is 9.90. The SMILES string of the molecule is O=S(=O)(c1ccccc1)N1C[C@@H]2CN(CC3CCCC3)[C@H]2C1. The second kappa shape index (κ2) is 5.62. The number of rotatable bonds is 4. The maximum Gasteiger partial charge on any atom is 0.243 e. The Balaban J connectivity index is 1.42. The van der Waals surface area contributed by atoms with Crippen molar-refractivity contribution in [2.45, 2.75) is 36.6 Å². The molecule has 1 aliphatic carbocycles. The van der Waals surface area contributed by atoms with Crippen LogP contribution < -0.4 is 0 Å². The van der Waals surface area contributed by atoms with Gasteiger partial charge in [0.1, 0.15) is 0 Å². The van der Waals surface area contributed by atoms with Gasteiger partial charge in [-0.2, -0.15) is 4.31 Å². The Hall–Kier alpha value is -0.910. The van der Waals surface area contributed by atoms with E-state index < -0.39 is 10.0 Å². The molecule has 1 aromatic carbocycles. The monoisotopic (exact) mass is 320 g/mol. The van der Waals surface area contributed by atoms with Crippen LogP contribution in [0.1, 0.15) is 25.7 Å². The lowest BCUT2D eigenvalue weighted by Gasteiger charge is -2.44. The molecular formula is C17H24N2O2S. The van der Waals surface area contributed by atoms with E-state index >= 15 is 0 Å². The molecular weight excluding hydrogens is 296 g/mol. The van der Waals surface area contributed by atoms with Crippen molar-refractivity contribution < 1.29 is 8.42 Å². The van der Waals surface area contributed by atoms with Crippen LogP contribution in [0.2, 0.25) is 0 Å². The average molecular weight is 320 g/mol. The highest BCUT2D eigenvalue weighted by atomic mass is 32.2. The third kappa shape index (κ3) is 2.49. The number of nitrogens with zero attached hydrogens (tertiary/aromatic N) is 2. The molecule has 2 saturated heterocycles. The van der Waals surface area contributed by atoms with E-state index in [9.17, 15) is 8.42 Å². The quantitative estimate of drug-likeness (QED) is 0.854. The Morgan fingerprint density at radius 3 is 2.45 bits per heavy atom. The number of benzene rings is 1. The van der Waals surface area contributed by atoms with E-state index in [2.05, 4.69) is 4.90 Å². The summed E-state index contributed by atoms with van der Waals surface area (Å²) in [6.07, 6.45) is 5.47. The van der Waals surface area contributed by atoms with Crippen molar-refractivity contribution >= 4 is 10.0 Å². The molecule has 0 bridgehead atoms. The fourth-order valence-electron chi connectivity index (χ4n) is 4.38. The second-order valence-electron chi connectivity index (χ2n) is 7.07. The summed E-state index contributed by atoms with van der Waals surface area (Å²) in [7, 11) is -3.31. The topological polar surface area (TPSA) is 40.6 Å². The van der Waals surface area contributed by atoms with Crippen LogP contribution in [0.3, 0.4) is 0 Å². The molecule has 1 aromatic rings. The van der Waals surface area contributed by atoms with Crippen LogP contribution in [0.5, 0.6) is 0 Å². The summed E-state index contributed by atoms with van der Waals surface area (Å²) in [6.45, 7) is 3.64. The summed E-state index contributed by atoms with van der Waals surface area (Å²) in [5.41, 5.74) is 0. The van der Waals surface area contributed by atoms with Gasteiger partial charge in [0, 0.05) is 38.1 Å². The van der Waals surface area contributed by atoms with Gasteiger partial charge in [0.05, 0.1) is 4.90 Å². The van der Waals surface area contributed by atoms with Crippen molar-refractivity contribution in [1.82, 2.24) is 9.21 Å². The second-order valence-corrected chi connectivity index (χ2v) is 9.00. The van der Waals surface area contributed by atoms with E-state index in [0.29, 0.717) is 29.9 Å². The molecule has 0 radical (unpaired) electrons. The van der Waals surface area contributed by atoms with E-state index in [0.717, 1.165) is 12.5 Å². The maximum atomic E-state index is 12.7. The third-order valence-corrected chi connectivity index (χ3v) is 7.51. The molecule has 0 unspecified atom stereocenters. The van der Waals surface area contributed by atoms with Crippen LogP contribution >= 0.6 is 0 Å². The molecule has 1 saturated carbocycles. The summed E-state index contributed by atoms with van der Waals surface area (Å²) in [5, 5.41) is 0. The number of sulfonamides is 1. The smallest absolute Gasteiger partial charge is 0.243 e. The molecule has 5 heteroatoms. The minimum Gasteiger partial charge on any atom is -0.298 e. The van der Waals surface area contributed by atoms with Crippen LogP contribution in [0.25, 0.3) is 0 Å². The summed E-state index contributed by atoms with van der Waals surface area (Å²) in [4.78, 5) is 2.96. The zero-order valence-corrected chi connectivity index (χ0v) is 13.7. The molecule has 4 rings (SSSR count). The zero-order valence-electron chi connectivity index (χ0n) is 12.9. The van der Waals surface area contributed by atoms with Gasteiger partial charge in [-0.3, -0.25) is 4.90 Å². The van der Waals surface area contributed by atoms with Gasteiger partial charge in [-0.1, -0.05) is 31.0 Å². The molecule has 3 aliphatic rings. The van der Waals surface area contributed by atoms with Gasteiger partial charge in [-0.15, -0.1) is 0 Å². The Morgan fingerprint density at radius 1 is 1.00 bits per heavy atom. The molecule has 2 aliphatic heterocycles. The first-order chi connectivity index (χ1) is 10.6. The van der Waals surface area contributed by atoms with Gasteiger partial charge in [-0.05, 0) is 30.9 Å². The highest BCUT2D eigenvalue weighted by molar-refractivity contribution is 7.89. The standard InChI is InChI=1S/C17H24N2O2S/c20-22(21,16-8-2-1-3-9-16)19-12-15-11-18(17(15)13-19)10-14-6-4-5-7-14/h1-3,8-9,14-15,17H,4-7,10-13H2/t15-,17-/m0/s1. The van der Waals surface area contributed by atoms with Gasteiger partial charge in [0.25, 0.3) is 0 Å². The van der Waals surface area contributed by atoms with Gasteiger partial charge in [0.2, 0.25) is 10.0 Å². The number of hydrogen-bond donors (Lipinski definition) is 0. The van der Waals surface area contributed by atoms with Crippen molar-refractivity contribution in [3.63, 3.8) is 0 Å². The highest BCUT2D eigenvalue weighted by Gasteiger charge is 2.49. The number of fused-ring (bicyclic) bond motifs is 1. The van der Waals surface area contributed by atoms with Crippen LogP contribution in [0, 0.1) is 11.8 Å². The fourth-order valence-corrected chi connectivity index (χ4v) is 5.92. The number of hydrogen-bond acceptors (Lipinski definition) is 3. The molecule has 22 heavy (non-hydrogen) atoms. The van der Waals surface area contributed by atoms with E-state index in [1.807, 2.05) is 6.07 Å². The van der Waals surface area contributed by atoms with E-state index in [4.69, 9.17) is 0 Å². The van der Waals surface area contributed by atoms with Gasteiger partial charge >= 0.3 is 0 Å². The van der Waals surface area contributed by atoms with Gasteiger partial charge < -0.3 is 0 Å². The Bertz CT molecular complexity index is 625. The van der Waals surface area contributed by atoms with E-state index in [1.165, 1.54) is 32.2 Å². The molecule has 2 heterocycles. The summed E-state index contributed by atoms with van der Waals surface area (Å²) >= 11 is 0. The molecule has 4 nitrogen and oxygen atoms in total. The van der Waals surface area contributed by atoms with Crippen LogP contribution in [-0.4, -0.2) is 49.8 Å². The minimum atomic E-state index is -3.31. The van der Waals surface area contributed by atoms with Gasteiger partial charge in [0.15, 0.2) is 0 Å². The van der Waals surface area contributed by atoms with E-state index in [-0.39, 0.29) is 0 Å². The molecule has 0 spiro atoms. The highest BCUT2D eigenvalue weighted by Crippen LogP contribution is 2.37. The third-order valence-electron chi connectivity index (χ3n) is 5.66. The van der Waals surface area contributed by atoms with Crippen molar-refractivity contribution in [1.29, 1.82) is 0 Å². The first-order valence-corrected chi connectivity index (χ1v) is 9.88. The predicted molar refractivity (Wildman–Crippen MR) is 86.0 cm³/mol. The van der Waals surface area contributed by atoms with Crippen molar-refractivity contribution in [2.75, 3.05) is 26.2 Å². The van der Waals surface area contributed by atoms with Crippen LogP contribution in [0.4, 0.5) is 0 Å². The molecule has 0 amide bonds. The van der Waals surface area contributed by atoms with Gasteiger partial charge in [-0.25, -0.2) is 8.42 Å². The zero-order chi connectivity index (χ0) is 15.2. The fraction of sp³-hybridized carbons (Fsp3) is 0.647. The maximum absolute atomic E-state index is 12.7. The average Bonchev–Trinajstić information content (AvgIpc) is 3.13. The largest absolute Gasteiger partial charge is 0.298 e. The molecule has 0 aromatic heterocycles.